The predicted octanol–water partition coefficient (Wildman–Crippen LogP) is 5.64. The van der Waals surface area contributed by atoms with E-state index in [4.69, 9.17) is 0 Å². The van der Waals surface area contributed by atoms with Gasteiger partial charge in [0.05, 0.1) is 10.1 Å². The lowest BCUT2D eigenvalue weighted by atomic mass is 10.0. The molecule has 2 aromatic carbocycles. The molecule has 3 rings (SSSR count). The van der Waals surface area contributed by atoms with E-state index in [1.54, 1.807) is 0 Å². The average Bonchev–Trinajstić information content (AvgIpc) is 2.82. The Labute approximate surface area is 204 Å². The van der Waals surface area contributed by atoms with Crippen LogP contribution in [0.2, 0.25) is 0 Å². The molecule has 0 unspecified atom stereocenters. The number of nitrogens with zero attached hydrogens (tertiary/aromatic N) is 2. The van der Waals surface area contributed by atoms with Gasteiger partial charge in [-0.1, -0.05) is 57.0 Å². The maximum absolute atomic E-state index is 10.7. The highest BCUT2D eigenvalue weighted by Crippen LogP contribution is 2.25. The number of unbranched alkanes of at least 4 members (excludes halogenated alkanes) is 2. The van der Waals surface area contributed by atoms with Crippen LogP contribution in [0.5, 0.6) is 0 Å². The third kappa shape index (κ3) is 8.26. The molecule has 0 aliphatic carbocycles. The molecule has 182 valence electrons. The average molecular weight is 481 g/mol. The minimum absolute atomic E-state index is 0.319. The Kier molecular flexibility index (Phi) is 9.66. The van der Waals surface area contributed by atoms with Gasteiger partial charge in [0.15, 0.2) is 12.4 Å². The fraction of sp³-hybridized carbons (Fsp3) is 0.393. The zero-order valence-electron chi connectivity index (χ0n) is 20.3. The van der Waals surface area contributed by atoms with Gasteiger partial charge >= 0.3 is 0 Å². The first kappa shape index (κ1) is 25.9. The molecule has 0 saturated carbocycles. The summed E-state index contributed by atoms with van der Waals surface area (Å²) in [7, 11) is -4.15. The van der Waals surface area contributed by atoms with E-state index in [1.165, 1.54) is 42.1 Å². The molecule has 0 saturated heterocycles. The lowest BCUT2D eigenvalue weighted by molar-refractivity contribution is -0.696. The summed E-state index contributed by atoms with van der Waals surface area (Å²) in [4.78, 5) is 2.52. The number of benzene rings is 2. The topological polar surface area (TPSA) is 64.3 Å². The zero-order valence-corrected chi connectivity index (χ0v) is 21.1. The first-order chi connectivity index (χ1) is 16.4. The van der Waals surface area contributed by atoms with Crippen molar-refractivity contribution < 1.29 is 17.5 Å². The van der Waals surface area contributed by atoms with Crippen LogP contribution < -0.4 is 9.47 Å². The number of pyridine rings is 1. The van der Waals surface area contributed by atoms with Crippen LogP contribution in [0.25, 0.3) is 22.9 Å². The molecule has 0 amide bonds. The van der Waals surface area contributed by atoms with Gasteiger partial charge in [0.25, 0.3) is 0 Å². The minimum atomic E-state index is -4.15. The Hall–Kier alpha value is -2.70. The number of rotatable bonds is 13. The molecule has 0 fully saturated rings. The predicted molar refractivity (Wildman–Crippen MR) is 141 cm³/mol. The normalized spacial score (nSPS) is 12.0. The van der Waals surface area contributed by atoms with Crippen molar-refractivity contribution in [3.8, 4) is 0 Å². The Morgan fingerprint density at radius 3 is 2.09 bits per heavy atom. The molecule has 34 heavy (non-hydrogen) atoms. The molecule has 3 aromatic rings. The van der Waals surface area contributed by atoms with Crippen molar-refractivity contribution >= 4 is 38.7 Å². The molecular weight excluding hydrogens is 444 g/mol. The van der Waals surface area contributed by atoms with Crippen molar-refractivity contribution in [1.82, 2.24) is 0 Å². The third-order valence-electron chi connectivity index (χ3n) is 5.97. The standard InChI is InChI=1S/C28H36N2O3S/c1-3-5-17-30(18-6-4-2)28-13-12-26-22-25(10-11-27(26)23-28)9-8-24-14-19-29(20-15-24)16-7-21-34(31,32)33/h8-15,19-20,22-23H,3-7,16-18,21H2,1-2H3. The summed E-state index contributed by atoms with van der Waals surface area (Å²) < 4.78 is 34.1. The van der Waals surface area contributed by atoms with Crippen molar-refractivity contribution in [3.05, 3.63) is 72.1 Å². The Morgan fingerprint density at radius 2 is 1.44 bits per heavy atom. The number of aromatic nitrogens is 1. The Morgan fingerprint density at radius 1 is 0.824 bits per heavy atom. The third-order valence-corrected chi connectivity index (χ3v) is 6.76. The summed E-state index contributed by atoms with van der Waals surface area (Å²) in [6.45, 7) is 7.21. The van der Waals surface area contributed by atoms with Crippen LogP contribution in [-0.4, -0.2) is 31.8 Å². The number of anilines is 1. The van der Waals surface area contributed by atoms with E-state index >= 15 is 0 Å². The monoisotopic (exact) mass is 480 g/mol. The van der Waals surface area contributed by atoms with Crippen molar-refractivity contribution in [1.29, 1.82) is 0 Å². The van der Waals surface area contributed by atoms with E-state index < -0.39 is 10.1 Å². The summed E-state index contributed by atoms with van der Waals surface area (Å²) in [6.07, 6.45) is 13.1. The molecule has 0 aliphatic rings. The van der Waals surface area contributed by atoms with Crippen molar-refractivity contribution in [3.63, 3.8) is 0 Å². The van der Waals surface area contributed by atoms with Crippen LogP contribution in [0.3, 0.4) is 0 Å². The molecule has 0 atom stereocenters. The van der Waals surface area contributed by atoms with Gasteiger partial charge in [0.2, 0.25) is 0 Å². The van der Waals surface area contributed by atoms with Gasteiger partial charge in [-0.25, -0.2) is 13.0 Å². The van der Waals surface area contributed by atoms with Gasteiger partial charge in [0, 0.05) is 43.1 Å². The smallest absolute Gasteiger partial charge is 0.169 e. The van der Waals surface area contributed by atoms with Crippen LogP contribution in [0.1, 0.15) is 57.1 Å². The summed E-state index contributed by atoms with van der Waals surface area (Å²) in [5, 5.41) is 2.49. The molecule has 0 spiro atoms. The second-order valence-electron chi connectivity index (χ2n) is 8.80. The first-order valence-corrected chi connectivity index (χ1v) is 13.8. The summed E-state index contributed by atoms with van der Waals surface area (Å²) in [5.74, 6) is -0.333. The number of hydrogen-bond donors (Lipinski definition) is 0. The Balaban J connectivity index is 1.66. The summed E-state index contributed by atoms with van der Waals surface area (Å²) >= 11 is 0. The summed E-state index contributed by atoms with van der Waals surface area (Å²) in [5.41, 5.74) is 3.51. The van der Waals surface area contributed by atoms with Crippen molar-refractivity contribution in [2.75, 3.05) is 23.7 Å². The lowest BCUT2D eigenvalue weighted by Crippen LogP contribution is -2.33. The lowest BCUT2D eigenvalue weighted by Gasteiger charge is -2.25. The van der Waals surface area contributed by atoms with E-state index in [-0.39, 0.29) is 5.75 Å². The molecular formula is C28H36N2O3S. The van der Waals surface area contributed by atoms with Crippen LogP contribution in [0.15, 0.2) is 60.9 Å². The van der Waals surface area contributed by atoms with Gasteiger partial charge in [-0.15, -0.1) is 0 Å². The molecule has 0 bridgehead atoms. The number of fused-ring (bicyclic) bond motifs is 1. The molecule has 0 radical (unpaired) electrons. The fourth-order valence-electron chi connectivity index (χ4n) is 3.97. The van der Waals surface area contributed by atoms with Crippen LogP contribution in [0, 0.1) is 0 Å². The largest absolute Gasteiger partial charge is 0.748 e. The minimum Gasteiger partial charge on any atom is -0.748 e. The highest BCUT2D eigenvalue weighted by Gasteiger charge is 2.07. The van der Waals surface area contributed by atoms with Crippen LogP contribution in [-0.2, 0) is 16.7 Å². The van der Waals surface area contributed by atoms with Gasteiger partial charge in [0.1, 0.15) is 6.54 Å². The molecule has 6 heteroatoms. The van der Waals surface area contributed by atoms with Gasteiger partial charge in [-0.2, -0.15) is 0 Å². The first-order valence-electron chi connectivity index (χ1n) is 12.3. The van der Waals surface area contributed by atoms with E-state index in [1.807, 2.05) is 29.1 Å². The maximum Gasteiger partial charge on any atom is 0.169 e. The molecule has 1 aromatic heterocycles. The molecule has 5 nitrogen and oxygen atoms in total. The van der Waals surface area contributed by atoms with Crippen LogP contribution >= 0.6 is 0 Å². The quantitative estimate of drug-likeness (QED) is 0.235. The van der Waals surface area contributed by atoms with E-state index in [9.17, 15) is 13.0 Å². The second kappa shape index (κ2) is 12.7. The van der Waals surface area contributed by atoms with E-state index in [0.29, 0.717) is 13.0 Å². The second-order valence-corrected chi connectivity index (χ2v) is 10.3. The van der Waals surface area contributed by atoms with E-state index in [2.05, 4.69) is 67.3 Å². The SMILES string of the molecule is CCCCN(CCCC)c1ccc2cc(/C=C/c3cc[n+](CCCS(=O)(=O)[O-])cc3)ccc2c1. The van der Waals surface area contributed by atoms with Crippen molar-refractivity contribution in [2.24, 2.45) is 0 Å². The summed E-state index contributed by atoms with van der Waals surface area (Å²) in [6, 6.07) is 17.3. The van der Waals surface area contributed by atoms with Gasteiger partial charge in [-0.05, 0) is 52.9 Å². The molecule has 0 N–H and O–H groups in total. The molecule has 0 aliphatic heterocycles. The molecule has 1 heterocycles. The Bertz CT molecular complexity index is 1180. The number of hydrogen-bond acceptors (Lipinski definition) is 4. The maximum atomic E-state index is 10.7. The van der Waals surface area contributed by atoms with Gasteiger partial charge < -0.3 is 9.45 Å². The van der Waals surface area contributed by atoms with Crippen molar-refractivity contribution in [2.45, 2.75) is 52.5 Å². The van der Waals surface area contributed by atoms with Crippen LogP contribution in [0.4, 0.5) is 5.69 Å². The highest BCUT2D eigenvalue weighted by molar-refractivity contribution is 7.85. The highest BCUT2D eigenvalue weighted by atomic mass is 32.2. The van der Waals surface area contributed by atoms with E-state index in [0.717, 1.165) is 24.2 Å². The van der Waals surface area contributed by atoms with Gasteiger partial charge in [-0.3, -0.25) is 0 Å². The number of aryl methyl sites for hydroxylation is 1. The zero-order chi connectivity index (χ0) is 24.4. The fourth-order valence-corrected chi connectivity index (χ4v) is 4.45.